The van der Waals surface area contributed by atoms with E-state index in [1.165, 1.54) is 6.07 Å². The molecule has 0 unspecified atom stereocenters. The van der Waals surface area contributed by atoms with E-state index in [0.717, 1.165) is 12.1 Å². The third-order valence-electron chi connectivity index (χ3n) is 4.38. The minimum absolute atomic E-state index is 0.0707. The summed E-state index contributed by atoms with van der Waals surface area (Å²) in [4.78, 5) is 29.1. The summed E-state index contributed by atoms with van der Waals surface area (Å²) in [5.41, 5.74) is 0.0916. The maximum absolute atomic E-state index is 13.0. The fourth-order valence-corrected chi connectivity index (χ4v) is 3.37. The van der Waals surface area contributed by atoms with Gasteiger partial charge in [0, 0.05) is 5.69 Å². The third-order valence-corrected chi connectivity index (χ3v) is 4.71. The summed E-state index contributed by atoms with van der Waals surface area (Å²) in [6, 6.07) is 9.14. The number of hydrogen-bond acceptors (Lipinski definition) is 3. The Labute approximate surface area is 161 Å². The van der Waals surface area contributed by atoms with Crippen LogP contribution >= 0.6 is 11.6 Å². The number of aromatic nitrogens is 2. The first-order valence-electron chi connectivity index (χ1n) is 8.18. The van der Waals surface area contributed by atoms with Crippen molar-refractivity contribution in [1.82, 2.24) is 9.55 Å². The Morgan fingerprint density at radius 1 is 1.25 bits per heavy atom. The summed E-state index contributed by atoms with van der Waals surface area (Å²) >= 11 is 5.60. The molecule has 0 saturated carbocycles. The van der Waals surface area contributed by atoms with Crippen LogP contribution in [0, 0.1) is 0 Å². The van der Waals surface area contributed by atoms with Crippen molar-refractivity contribution in [2.24, 2.45) is 0 Å². The summed E-state index contributed by atoms with van der Waals surface area (Å²) < 4.78 is 40.7. The Kier molecular flexibility index (Phi) is 4.26. The van der Waals surface area contributed by atoms with Gasteiger partial charge in [-0.05, 0) is 30.3 Å². The molecule has 0 bridgehead atoms. The normalized spacial score (nSPS) is 16.6. The molecule has 0 radical (unpaired) electrons. The monoisotopic (exact) mass is 408 g/mol. The molecule has 6 nitrogen and oxygen atoms in total. The molecule has 1 aliphatic heterocycles. The molecule has 2 amide bonds. The van der Waals surface area contributed by atoms with Gasteiger partial charge in [0.25, 0.3) is 0 Å². The second-order valence-electron chi connectivity index (χ2n) is 6.24. The number of rotatable bonds is 2. The maximum Gasteiger partial charge on any atom is 0.417 e. The lowest BCUT2D eigenvalue weighted by Gasteiger charge is -2.25. The van der Waals surface area contributed by atoms with Crippen LogP contribution in [0.25, 0.3) is 11.0 Å². The van der Waals surface area contributed by atoms with E-state index < -0.39 is 34.6 Å². The number of fused-ring (bicyclic) bond motifs is 3. The van der Waals surface area contributed by atoms with E-state index in [-0.39, 0.29) is 18.1 Å². The molecule has 144 valence electrons. The fraction of sp³-hybridized carbons (Fsp3) is 0.167. The highest BCUT2D eigenvalue weighted by Gasteiger charge is 2.35. The fourth-order valence-electron chi connectivity index (χ4n) is 3.15. The van der Waals surface area contributed by atoms with Crippen LogP contribution in [0.2, 0.25) is 5.02 Å². The van der Waals surface area contributed by atoms with E-state index in [1.807, 2.05) is 0 Å². The number of halogens is 4. The van der Waals surface area contributed by atoms with Gasteiger partial charge in [-0.2, -0.15) is 13.2 Å². The van der Waals surface area contributed by atoms with Gasteiger partial charge in [-0.1, -0.05) is 23.7 Å². The van der Waals surface area contributed by atoms with Crippen molar-refractivity contribution in [3.63, 3.8) is 0 Å². The number of benzene rings is 2. The second kappa shape index (κ2) is 6.52. The first kappa shape index (κ1) is 18.3. The summed E-state index contributed by atoms with van der Waals surface area (Å²) in [5.74, 6) is -0.825. The highest BCUT2D eigenvalue weighted by Crippen LogP contribution is 2.37. The van der Waals surface area contributed by atoms with Gasteiger partial charge in [0.15, 0.2) is 0 Å². The molecule has 2 heterocycles. The zero-order valence-electron chi connectivity index (χ0n) is 14.0. The van der Waals surface area contributed by atoms with Crippen molar-refractivity contribution < 1.29 is 22.8 Å². The van der Waals surface area contributed by atoms with Gasteiger partial charge in [0.2, 0.25) is 17.8 Å². The van der Waals surface area contributed by atoms with Crippen LogP contribution in [-0.4, -0.2) is 21.4 Å². The van der Waals surface area contributed by atoms with Crippen molar-refractivity contribution >= 4 is 46.1 Å². The number of alkyl halides is 3. The van der Waals surface area contributed by atoms with Gasteiger partial charge in [0.05, 0.1) is 28.0 Å². The van der Waals surface area contributed by atoms with E-state index >= 15 is 0 Å². The first-order chi connectivity index (χ1) is 13.2. The van der Waals surface area contributed by atoms with Gasteiger partial charge >= 0.3 is 6.18 Å². The van der Waals surface area contributed by atoms with E-state index in [4.69, 9.17) is 11.6 Å². The Balaban J connectivity index is 1.69. The molecule has 0 aliphatic carbocycles. The van der Waals surface area contributed by atoms with Gasteiger partial charge in [0.1, 0.15) is 6.04 Å². The number of anilines is 2. The first-order valence-corrected chi connectivity index (χ1v) is 8.56. The number of imidazole rings is 1. The zero-order valence-corrected chi connectivity index (χ0v) is 14.8. The number of hydrogen-bond donors (Lipinski definition) is 2. The lowest BCUT2D eigenvalue weighted by Crippen LogP contribution is -2.35. The quantitative estimate of drug-likeness (QED) is 0.666. The minimum atomic E-state index is -4.66. The smallest absolute Gasteiger partial charge is 0.324 e. The predicted molar refractivity (Wildman–Crippen MR) is 97.1 cm³/mol. The topological polar surface area (TPSA) is 76.0 Å². The number of carbonyl (C=O) groups excluding carboxylic acids is 2. The summed E-state index contributed by atoms with van der Waals surface area (Å²) in [6.07, 6.45) is -4.82. The van der Waals surface area contributed by atoms with Crippen LogP contribution in [0.15, 0.2) is 42.5 Å². The molecule has 10 heteroatoms. The Morgan fingerprint density at radius 2 is 2.00 bits per heavy atom. The van der Waals surface area contributed by atoms with E-state index in [0.29, 0.717) is 11.0 Å². The van der Waals surface area contributed by atoms with Gasteiger partial charge < -0.3 is 5.32 Å². The molecule has 3 aromatic rings. The molecule has 2 aromatic carbocycles. The highest BCUT2D eigenvalue weighted by molar-refractivity contribution is 6.31. The molecule has 0 saturated heterocycles. The van der Waals surface area contributed by atoms with Gasteiger partial charge in [-0.25, -0.2) is 4.98 Å². The predicted octanol–water partition coefficient (Wildman–Crippen LogP) is 4.23. The molecular formula is C18H12ClF3N4O2. The number of amides is 2. The SMILES string of the molecule is O=C1C[C@@H](C(=O)Nc2ccc(Cl)c(C(F)(F)F)c2)n2c(nc3ccccc32)N1. The molecule has 28 heavy (non-hydrogen) atoms. The van der Waals surface area contributed by atoms with Crippen LogP contribution in [-0.2, 0) is 15.8 Å². The highest BCUT2D eigenvalue weighted by atomic mass is 35.5. The van der Waals surface area contributed by atoms with Gasteiger partial charge in [-0.15, -0.1) is 0 Å². The molecule has 1 aliphatic rings. The lowest BCUT2D eigenvalue weighted by molar-refractivity contribution is -0.137. The third kappa shape index (κ3) is 3.18. The van der Waals surface area contributed by atoms with Crippen molar-refractivity contribution in [3.8, 4) is 0 Å². The molecule has 4 rings (SSSR count). The average molecular weight is 409 g/mol. The molecule has 1 aromatic heterocycles. The molecule has 1 atom stereocenters. The largest absolute Gasteiger partial charge is 0.417 e. The molecule has 0 fully saturated rings. The molecular weight excluding hydrogens is 397 g/mol. The average Bonchev–Trinajstić information content (AvgIpc) is 2.99. The second-order valence-corrected chi connectivity index (χ2v) is 6.65. The Hall–Kier alpha value is -3.07. The minimum Gasteiger partial charge on any atom is -0.324 e. The Morgan fingerprint density at radius 3 is 2.75 bits per heavy atom. The Bertz CT molecular complexity index is 1110. The summed E-state index contributed by atoms with van der Waals surface area (Å²) in [6.45, 7) is 0. The van der Waals surface area contributed by atoms with Crippen LogP contribution in [0.3, 0.4) is 0 Å². The van der Waals surface area contributed by atoms with E-state index in [9.17, 15) is 22.8 Å². The number of nitrogens with zero attached hydrogens (tertiary/aromatic N) is 2. The number of carbonyl (C=O) groups is 2. The molecule has 0 spiro atoms. The van der Waals surface area contributed by atoms with Crippen LogP contribution in [0.5, 0.6) is 0 Å². The van der Waals surface area contributed by atoms with E-state index in [2.05, 4.69) is 15.6 Å². The number of para-hydroxylation sites is 2. The van der Waals surface area contributed by atoms with Gasteiger partial charge in [-0.3, -0.25) is 19.5 Å². The van der Waals surface area contributed by atoms with Crippen LogP contribution in [0.4, 0.5) is 24.8 Å². The standard InChI is InChI=1S/C18H12ClF3N4O2/c19-11-6-5-9(7-10(11)18(20,21)22)23-16(28)14-8-15(27)25-17-24-12-3-1-2-4-13(12)26(14)17/h1-7,14H,8H2,(H,23,28)(H,24,25,27)/t14-/m0/s1. The van der Waals surface area contributed by atoms with Crippen molar-refractivity contribution in [3.05, 3.63) is 53.1 Å². The maximum atomic E-state index is 13.0. The van der Waals surface area contributed by atoms with Crippen molar-refractivity contribution in [2.75, 3.05) is 10.6 Å². The zero-order chi connectivity index (χ0) is 20.1. The summed E-state index contributed by atoms with van der Waals surface area (Å²) in [7, 11) is 0. The van der Waals surface area contributed by atoms with E-state index in [1.54, 1.807) is 28.8 Å². The summed E-state index contributed by atoms with van der Waals surface area (Å²) in [5, 5.41) is 4.58. The van der Waals surface area contributed by atoms with Crippen molar-refractivity contribution in [1.29, 1.82) is 0 Å². The molecule has 2 N–H and O–H groups in total. The lowest BCUT2D eigenvalue weighted by atomic mass is 10.1. The van der Waals surface area contributed by atoms with Crippen LogP contribution < -0.4 is 10.6 Å². The van der Waals surface area contributed by atoms with Crippen LogP contribution in [0.1, 0.15) is 18.0 Å². The number of nitrogens with one attached hydrogen (secondary N) is 2. The van der Waals surface area contributed by atoms with Crippen molar-refractivity contribution in [2.45, 2.75) is 18.6 Å².